The molecule has 8 bridgehead atoms. The molecule has 56 heavy (non-hydrogen) atoms. The van der Waals surface area contributed by atoms with Gasteiger partial charge in [-0.15, -0.1) is 0 Å². The molecule has 0 atom stereocenters. The summed E-state index contributed by atoms with van der Waals surface area (Å²) in [6.07, 6.45) is 14.6. The van der Waals surface area contributed by atoms with Crippen molar-refractivity contribution in [3.8, 4) is 0 Å². The zero-order chi connectivity index (χ0) is 38.8. The number of nitrogens with one attached hydrogen (secondary N) is 4. The third-order valence-corrected chi connectivity index (χ3v) is 10.9. The molecule has 284 valence electrons. The second kappa shape index (κ2) is 13.6. The van der Waals surface area contributed by atoms with Crippen molar-refractivity contribution in [2.75, 3.05) is 54.4 Å². The molecule has 0 amide bonds. The fraction of sp³-hybridized carbons (Fsp3) is 0.182. The van der Waals surface area contributed by atoms with Gasteiger partial charge in [-0.2, -0.15) is 17.6 Å². The van der Waals surface area contributed by atoms with Crippen molar-refractivity contribution in [1.82, 2.24) is 39.5 Å². The largest absolute Gasteiger partial charge is 0.354 e. The average Bonchev–Trinajstić information content (AvgIpc) is 4.03. The van der Waals surface area contributed by atoms with Gasteiger partial charge in [0.15, 0.2) is 23.8 Å². The molecule has 9 rings (SSSR count). The van der Waals surface area contributed by atoms with Crippen LogP contribution in [-0.2, 0) is 0 Å². The lowest BCUT2D eigenvalue weighted by molar-refractivity contribution is 0.339. The molecular formula is C44H40F4N8. The molecule has 4 N–H and O–H groups in total. The van der Waals surface area contributed by atoms with E-state index >= 15 is 17.6 Å². The van der Waals surface area contributed by atoms with E-state index in [0.717, 1.165) is 0 Å². The second-order valence-electron chi connectivity index (χ2n) is 14.6. The summed E-state index contributed by atoms with van der Waals surface area (Å²) in [6.45, 7) is 1.62. The van der Waals surface area contributed by atoms with E-state index in [1.54, 1.807) is 52.5 Å². The summed E-state index contributed by atoms with van der Waals surface area (Å²) in [7, 11) is 6.76. The fourth-order valence-corrected chi connectivity index (χ4v) is 7.97. The Labute approximate surface area is 320 Å². The van der Waals surface area contributed by atoms with Crippen LogP contribution in [0.15, 0.2) is 143 Å². The topological polar surface area (TPSA) is 76.1 Å². The maximum atomic E-state index is 16.2. The molecule has 4 aromatic heterocycles. The molecule has 0 saturated heterocycles. The van der Waals surface area contributed by atoms with E-state index in [1.165, 1.54) is 19.6 Å². The van der Waals surface area contributed by atoms with E-state index < -0.39 is 23.8 Å². The van der Waals surface area contributed by atoms with Gasteiger partial charge in [-0.3, -0.25) is 0 Å². The minimum atomic E-state index is -0.413. The molecule has 9 heterocycles. The zero-order valence-electron chi connectivity index (χ0n) is 31.4. The van der Waals surface area contributed by atoms with Crippen LogP contribution < -0.4 is 21.4 Å². The van der Waals surface area contributed by atoms with Crippen molar-refractivity contribution in [3.05, 3.63) is 187 Å². The molecule has 0 spiro atoms. The number of H-pyrrole nitrogens is 4. The van der Waals surface area contributed by atoms with E-state index in [1.807, 2.05) is 72.8 Å². The molecule has 0 fully saturated rings. The SMILES string of the molecule is CN1CC=CC(C2=c3ccc([nH]3)=C(C3=C(F)N(C)CC=C3)c3ccc([nH]3)C(C3=C(F)N(C)CC=C3)=c3ccc([nH]3)=C(C3=C(F)N(C)CC=C3)c3ccc2[nH]3)=C1F. The third-order valence-electron chi connectivity index (χ3n) is 10.9. The van der Waals surface area contributed by atoms with Crippen LogP contribution in [0.1, 0.15) is 22.8 Å². The number of aromatic amines is 4. The van der Waals surface area contributed by atoms with Crippen molar-refractivity contribution < 1.29 is 17.6 Å². The van der Waals surface area contributed by atoms with Gasteiger partial charge in [0.2, 0.25) is 0 Å². The first kappa shape index (κ1) is 35.2. The first-order valence-electron chi connectivity index (χ1n) is 18.5. The quantitative estimate of drug-likeness (QED) is 0.178. The van der Waals surface area contributed by atoms with Gasteiger partial charge < -0.3 is 39.5 Å². The molecule has 5 aliphatic rings. The molecule has 0 aromatic carbocycles. The predicted octanol–water partition coefficient (Wildman–Crippen LogP) is 4.84. The highest BCUT2D eigenvalue weighted by atomic mass is 19.1. The van der Waals surface area contributed by atoms with E-state index in [2.05, 4.69) is 19.9 Å². The summed E-state index contributed by atoms with van der Waals surface area (Å²) in [5.74, 6) is -1.65. The first-order chi connectivity index (χ1) is 27.1. The van der Waals surface area contributed by atoms with Crippen molar-refractivity contribution in [3.63, 3.8) is 0 Å². The Balaban J connectivity index is 1.45. The fourth-order valence-electron chi connectivity index (χ4n) is 7.97. The molecule has 0 saturated carbocycles. The number of aromatic nitrogens is 4. The highest BCUT2D eigenvalue weighted by Crippen LogP contribution is 2.35. The van der Waals surface area contributed by atoms with Gasteiger partial charge in [-0.25, -0.2) is 0 Å². The monoisotopic (exact) mass is 756 g/mol. The maximum absolute atomic E-state index is 16.2. The van der Waals surface area contributed by atoms with Crippen LogP contribution in [0.5, 0.6) is 0 Å². The molecule has 5 aliphatic heterocycles. The minimum Gasteiger partial charge on any atom is -0.354 e. The molecule has 0 unspecified atom stereocenters. The average molecular weight is 757 g/mol. The van der Waals surface area contributed by atoms with Crippen molar-refractivity contribution in [2.24, 2.45) is 0 Å². The van der Waals surface area contributed by atoms with Gasteiger partial charge in [-0.1, -0.05) is 48.6 Å². The Bertz CT molecular complexity index is 2450. The number of rotatable bonds is 4. The molecule has 12 heteroatoms. The van der Waals surface area contributed by atoms with Gasteiger partial charge in [0.05, 0.1) is 0 Å². The lowest BCUT2D eigenvalue weighted by Crippen LogP contribution is -2.25. The lowest BCUT2D eigenvalue weighted by atomic mass is 10.0. The number of allylic oxidation sites excluding steroid dienone is 8. The van der Waals surface area contributed by atoms with Gasteiger partial charge >= 0.3 is 0 Å². The van der Waals surface area contributed by atoms with Gasteiger partial charge in [0.25, 0.3) is 0 Å². The van der Waals surface area contributed by atoms with Crippen LogP contribution in [0.4, 0.5) is 17.6 Å². The van der Waals surface area contributed by atoms with E-state index in [-0.39, 0.29) is 0 Å². The normalized spacial score (nSPS) is 19.0. The summed E-state index contributed by atoms with van der Waals surface area (Å²) in [4.78, 5) is 20.2. The van der Waals surface area contributed by atoms with Crippen molar-refractivity contribution in [2.45, 2.75) is 0 Å². The summed E-state index contributed by atoms with van der Waals surface area (Å²) in [5.41, 5.74) is 5.84. The molecule has 0 aliphatic carbocycles. The van der Waals surface area contributed by atoms with Gasteiger partial charge in [0.1, 0.15) is 0 Å². The number of fused-ring (bicyclic) bond motifs is 8. The Hall–Kier alpha value is -6.56. The zero-order valence-corrected chi connectivity index (χ0v) is 31.4. The standard InChI is InChI=1S/C44H40F4N8/c1-53-21-5-9-25(41(53)45)37-29-13-15-31(49-29)38(26-10-6-22-54(2)42(26)46)33-17-19-35(51-33)40(28-12-8-24-56(4)44(28)48)36-20-18-34(52-36)39(32-16-14-30(37)50-32)27-11-7-23-55(3)43(27)47/h5-20,49-52H,21-24H2,1-4H3. The van der Waals surface area contributed by atoms with E-state index in [4.69, 9.17) is 0 Å². The number of halogens is 4. The van der Waals surface area contributed by atoms with Crippen LogP contribution >= 0.6 is 0 Å². The summed E-state index contributed by atoms with van der Waals surface area (Å²) in [6, 6.07) is 14.8. The lowest BCUT2D eigenvalue weighted by Gasteiger charge is -2.23. The van der Waals surface area contributed by atoms with Gasteiger partial charge in [0, 0.05) is 143 Å². The second-order valence-corrected chi connectivity index (χ2v) is 14.6. The third kappa shape index (κ3) is 5.75. The Morgan fingerprint density at radius 1 is 0.357 bits per heavy atom. The smallest absolute Gasteiger partial charge is 0.197 e. The van der Waals surface area contributed by atoms with Crippen LogP contribution in [0.3, 0.4) is 0 Å². The number of nitrogens with zero attached hydrogens (tertiary/aromatic N) is 4. The first-order valence-corrected chi connectivity index (χ1v) is 18.5. The summed E-state index contributed by atoms with van der Waals surface area (Å²) < 4.78 is 64.8. The summed E-state index contributed by atoms with van der Waals surface area (Å²) >= 11 is 0. The van der Waals surface area contributed by atoms with Crippen LogP contribution in [0.25, 0.3) is 22.3 Å². The highest BCUT2D eigenvalue weighted by molar-refractivity contribution is 5.87. The molecule has 4 aromatic rings. The predicted molar refractivity (Wildman–Crippen MR) is 211 cm³/mol. The Morgan fingerprint density at radius 3 is 0.821 bits per heavy atom. The Morgan fingerprint density at radius 2 is 0.589 bits per heavy atom. The number of hydrogen-bond donors (Lipinski definition) is 4. The molecule has 0 radical (unpaired) electrons. The van der Waals surface area contributed by atoms with Crippen molar-refractivity contribution >= 4 is 22.3 Å². The number of hydrogen-bond acceptors (Lipinski definition) is 4. The van der Waals surface area contributed by atoms with Crippen molar-refractivity contribution in [1.29, 1.82) is 0 Å². The number of likely N-dealkylation sites (N-methyl/N-ethyl adjacent to an activating group) is 4. The summed E-state index contributed by atoms with van der Waals surface area (Å²) in [5, 5.41) is 2.30. The van der Waals surface area contributed by atoms with E-state index in [9.17, 15) is 0 Å². The van der Waals surface area contributed by atoms with Crippen LogP contribution in [-0.4, -0.2) is 93.9 Å². The highest BCUT2D eigenvalue weighted by Gasteiger charge is 2.27. The Kier molecular flexibility index (Phi) is 8.56. The molecule has 8 nitrogen and oxygen atoms in total. The minimum absolute atomic E-state index is 0.347. The van der Waals surface area contributed by atoms with Crippen LogP contribution in [0, 0.1) is 0 Å². The van der Waals surface area contributed by atoms with Crippen LogP contribution in [0.2, 0.25) is 0 Å². The van der Waals surface area contributed by atoms with E-state index in [0.29, 0.717) is 115 Å². The maximum Gasteiger partial charge on any atom is 0.197 e. The van der Waals surface area contributed by atoms with Gasteiger partial charge in [-0.05, 0) is 48.5 Å². The molecular weight excluding hydrogens is 717 g/mol.